The van der Waals surface area contributed by atoms with Gasteiger partial charge in [0, 0.05) is 10.4 Å². The van der Waals surface area contributed by atoms with E-state index in [1.165, 1.54) is 42.9 Å². The third kappa shape index (κ3) is 4.59. The largest absolute Gasteiger partial charge is 0.493 e. The molecule has 0 unspecified atom stereocenters. The summed E-state index contributed by atoms with van der Waals surface area (Å²) < 4.78 is 50.0. The molecule has 0 aliphatic heterocycles. The molecule has 0 aliphatic carbocycles. The summed E-state index contributed by atoms with van der Waals surface area (Å²) in [5.74, 6) is 0.0521. The molecule has 0 radical (unpaired) electrons. The van der Waals surface area contributed by atoms with Gasteiger partial charge in [-0.25, -0.2) is 9.78 Å². The van der Waals surface area contributed by atoms with Gasteiger partial charge < -0.3 is 23.2 Å². The van der Waals surface area contributed by atoms with Crippen molar-refractivity contribution in [1.29, 1.82) is 0 Å². The van der Waals surface area contributed by atoms with E-state index in [4.69, 9.17) is 18.4 Å². The van der Waals surface area contributed by atoms with Crippen LogP contribution in [-0.4, -0.2) is 34.8 Å². The van der Waals surface area contributed by atoms with Crippen molar-refractivity contribution in [2.45, 2.75) is 20.1 Å². The number of benzene rings is 1. The monoisotopic (exact) mass is 463 g/mol. The van der Waals surface area contributed by atoms with Gasteiger partial charge >= 0.3 is 12.6 Å². The molecule has 0 aliphatic rings. The molecule has 0 saturated carbocycles. The summed E-state index contributed by atoms with van der Waals surface area (Å²) in [7, 11) is 1.32. The number of carbonyl (C=O) groups excluding carboxylic acids is 1. The van der Waals surface area contributed by atoms with E-state index in [0.717, 1.165) is 0 Å². The molecule has 0 saturated heterocycles. The normalized spacial score (nSPS) is 11.0. The molecule has 12 heteroatoms. The van der Waals surface area contributed by atoms with Crippen molar-refractivity contribution in [2.24, 2.45) is 0 Å². The van der Waals surface area contributed by atoms with Crippen LogP contribution in [0.15, 0.2) is 45.5 Å². The van der Waals surface area contributed by atoms with E-state index >= 15 is 0 Å². The first-order chi connectivity index (χ1) is 15.4. The fourth-order valence-electron chi connectivity index (χ4n) is 2.72. The van der Waals surface area contributed by atoms with Crippen LogP contribution in [0.2, 0.25) is 0 Å². The molecule has 3 aromatic heterocycles. The van der Waals surface area contributed by atoms with E-state index in [1.807, 2.05) is 0 Å². The number of hydrogen-bond donors (Lipinski definition) is 0. The summed E-state index contributed by atoms with van der Waals surface area (Å²) >= 11 is 1.31. The summed E-state index contributed by atoms with van der Waals surface area (Å²) in [5, 5.41) is 4.37. The Morgan fingerprint density at radius 3 is 2.78 bits per heavy atom. The lowest BCUT2D eigenvalue weighted by atomic mass is 10.2. The van der Waals surface area contributed by atoms with E-state index < -0.39 is 12.6 Å². The number of rotatable bonds is 8. The number of alkyl halides is 2. The number of thiazole rings is 1. The van der Waals surface area contributed by atoms with E-state index in [9.17, 15) is 13.6 Å². The number of nitrogens with zero attached hydrogens (tertiary/aromatic N) is 3. The molecular formula is C20H15F2N3O6S. The fourth-order valence-corrected chi connectivity index (χ4v) is 3.59. The Morgan fingerprint density at radius 1 is 1.22 bits per heavy atom. The molecule has 0 atom stereocenters. The zero-order chi connectivity index (χ0) is 22.7. The van der Waals surface area contributed by atoms with Gasteiger partial charge in [0.05, 0.1) is 13.4 Å². The summed E-state index contributed by atoms with van der Waals surface area (Å²) in [6.07, 6.45) is 1.52. The molecule has 166 valence electrons. The van der Waals surface area contributed by atoms with Gasteiger partial charge in [0.15, 0.2) is 34.6 Å². The van der Waals surface area contributed by atoms with Crippen LogP contribution in [0, 0.1) is 6.92 Å². The number of esters is 1. The van der Waals surface area contributed by atoms with Crippen molar-refractivity contribution in [3.63, 3.8) is 0 Å². The molecule has 1 aromatic carbocycles. The highest BCUT2D eigenvalue weighted by Gasteiger charge is 2.20. The number of halogens is 2. The third-order valence-electron chi connectivity index (χ3n) is 4.15. The highest BCUT2D eigenvalue weighted by Crippen LogP contribution is 2.33. The second kappa shape index (κ2) is 9.14. The average Bonchev–Trinajstić information content (AvgIpc) is 3.52. The van der Waals surface area contributed by atoms with E-state index in [1.54, 1.807) is 19.1 Å². The van der Waals surface area contributed by atoms with Crippen molar-refractivity contribution in [3.05, 3.63) is 53.1 Å². The van der Waals surface area contributed by atoms with Crippen LogP contribution in [0.1, 0.15) is 21.3 Å². The van der Waals surface area contributed by atoms with Gasteiger partial charge in [-0.1, -0.05) is 5.16 Å². The number of methoxy groups -OCH3 is 1. The molecule has 9 nitrogen and oxygen atoms in total. The van der Waals surface area contributed by atoms with Gasteiger partial charge in [0.1, 0.15) is 0 Å². The van der Waals surface area contributed by atoms with Crippen LogP contribution in [0.4, 0.5) is 8.78 Å². The zero-order valence-corrected chi connectivity index (χ0v) is 17.5. The maximum absolute atomic E-state index is 12.5. The maximum atomic E-state index is 12.5. The van der Waals surface area contributed by atoms with Crippen molar-refractivity contribution < 1.29 is 36.7 Å². The number of hydrogen-bond acceptors (Lipinski definition) is 10. The van der Waals surface area contributed by atoms with Crippen molar-refractivity contribution in [3.8, 4) is 33.7 Å². The molecule has 0 N–H and O–H groups in total. The lowest BCUT2D eigenvalue weighted by Gasteiger charge is -2.10. The lowest BCUT2D eigenvalue weighted by molar-refractivity contribution is -0.0512. The van der Waals surface area contributed by atoms with Crippen LogP contribution in [-0.2, 0) is 11.3 Å². The topological polar surface area (TPSA) is 110 Å². The van der Waals surface area contributed by atoms with Crippen LogP contribution in [0.3, 0.4) is 0 Å². The Kier molecular flexibility index (Phi) is 6.12. The third-order valence-corrected chi connectivity index (χ3v) is 5.14. The van der Waals surface area contributed by atoms with E-state index in [0.29, 0.717) is 21.2 Å². The van der Waals surface area contributed by atoms with E-state index in [-0.39, 0.29) is 35.5 Å². The molecule has 0 bridgehead atoms. The Labute approximate surface area is 183 Å². The fraction of sp³-hybridized carbons (Fsp3) is 0.200. The summed E-state index contributed by atoms with van der Waals surface area (Å²) in [4.78, 5) is 21.5. The lowest BCUT2D eigenvalue weighted by Crippen LogP contribution is -2.07. The Bertz CT molecular complexity index is 1220. The van der Waals surface area contributed by atoms with Crippen LogP contribution in [0.25, 0.3) is 22.2 Å². The van der Waals surface area contributed by atoms with Crippen molar-refractivity contribution >= 4 is 17.3 Å². The van der Waals surface area contributed by atoms with Gasteiger partial charge in [-0.15, -0.1) is 11.3 Å². The second-order valence-electron chi connectivity index (χ2n) is 6.23. The Hall–Kier alpha value is -3.80. The number of furan rings is 1. The zero-order valence-electron chi connectivity index (χ0n) is 16.7. The van der Waals surface area contributed by atoms with E-state index in [2.05, 4.69) is 19.9 Å². The highest BCUT2D eigenvalue weighted by atomic mass is 32.1. The number of aryl methyl sites for hydroxylation is 1. The average molecular weight is 463 g/mol. The Morgan fingerprint density at radius 2 is 2.06 bits per heavy atom. The molecule has 0 amide bonds. The Balaban J connectivity index is 1.43. The first kappa shape index (κ1) is 21.4. The minimum atomic E-state index is -2.99. The highest BCUT2D eigenvalue weighted by molar-refractivity contribution is 7.15. The summed E-state index contributed by atoms with van der Waals surface area (Å²) in [6, 6.07) is 7.67. The molecule has 4 aromatic rings. The van der Waals surface area contributed by atoms with Gasteiger partial charge in [-0.05, 0) is 37.3 Å². The minimum Gasteiger partial charge on any atom is -0.493 e. The molecule has 0 spiro atoms. The van der Waals surface area contributed by atoms with Crippen molar-refractivity contribution in [2.75, 3.05) is 7.11 Å². The smallest absolute Gasteiger partial charge is 0.387 e. The summed E-state index contributed by atoms with van der Waals surface area (Å²) in [5.41, 5.74) is 0.601. The van der Waals surface area contributed by atoms with Crippen LogP contribution < -0.4 is 9.47 Å². The predicted molar refractivity (Wildman–Crippen MR) is 107 cm³/mol. The van der Waals surface area contributed by atoms with Gasteiger partial charge in [-0.2, -0.15) is 13.8 Å². The predicted octanol–water partition coefficient (Wildman–Crippen LogP) is 4.73. The van der Waals surface area contributed by atoms with Gasteiger partial charge in [-0.3, -0.25) is 0 Å². The summed E-state index contributed by atoms with van der Waals surface area (Å²) in [6.45, 7) is -1.51. The van der Waals surface area contributed by atoms with Gasteiger partial charge in [0.2, 0.25) is 5.82 Å². The first-order valence-electron chi connectivity index (χ1n) is 9.09. The maximum Gasteiger partial charge on any atom is 0.387 e. The number of carbonyl (C=O) groups is 1. The number of aromatic nitrogens is 3. The SMILES string of the molecule is COc1cc(-c2noc(COC(=O)c3nc(-c4ccco4)sc3C)n2)ccc1OC(F)F. The molecule has 32 heavy (non-hydrogen) atoms. The quantitative estimate of drug-likeness (QED) is 0.343. The van der Waals surface area contributed by atoms with Gasteiger partial charge in [0.25, 0.3) is 5.89 Å². The standard InChI is InChI=1S/C20H15F2N3O6S/c1-10-16(24-18(32-10)13-4-3-7-28-13)19(26)29-9-15-23-17(25-31-15)11-5-6-12(30-20(21)22)14(8-11)27-2/h3-8,20H,9H2,1-2H3. The molecule has 0 fully saturated rings. The molecule has 4 rings (SSSR count). The molecule has 3 heterocycles. The minimum absolute atomic E-state index is 0.0411. The number of ether oxygens (including phenoxy) is 3. The molecular weight excluding hydrogens is 448 g/mol. The van der Waals surface area contributed by atoms with Crippen LogP contribution >= 0.6 is 11.3 Å². The second-order valence-corrected chi connectivity index (χ2v) is 7.44. The van der Waals surface area contributed by atoms with Crippen molar-refractivity contribution in [1.82, 2.24) is 15.1 Å². The first-order valence-corrected chi connectivity index (χ1v) is 9.90. The van der Waals surface area contributed by atoms with Crippen LogP contribution in [0.5, 0.6) is 11.5 Å².